The second-order valence-corrected chi connectivity index (χ2v) is 5.67. The highest BCUT2D eigenvalue weighted by molar-refractivity contribution is 5.24. The van der Waals surface area contributed by atoms with Crippen molar-refractivity contribution in [2.45, 2.75) is 58.5 Å². The van der Waals surface area contributed by atoms with Gasteiger partial charge in [-0.25, -0.2) is 0 Å². The highest BCUT2D eigenvalue weighted by atomic mass is 15.0. The normalized spacial score (nSPS) is 26.8. The molecule has 17 heavy (non-hydrogen) atoms. The van der Waals surface area contributed by atoms with E-state index in [0.29, 0.717) is 12.1 Å². The van der Waals surface area contributed by atoms with Crippen molar-refractivity contribution in [1.29, 1.82) is 0 Å². The summed E-state index contributed by atoms with van der Waals surface area (Å²) in [5.41, 5.74) is 2.77. The van der Waals surface area contributed by atoms with E-state index >= 15 is 0 Å². The molecule has 2 unspecified atom stereocenters. The Kier molecular flexibility index (Phi) is 4.22. The van der Waals surface area contributed by atoms with Crippen LogP contribution >= 0.6 is 0 Å². The van der Waals surface area contributed by atoms with E-state index in [0.717, 1.165) is 5.92 Å². The molecule has 1 aliphatic rings. The smallest absolute Gasteiger partial charge is 0.0294 e. The molecule has 1 aliphatic carbocycles. The first-order valence-electron chi connectivity index (χ1n) is 6.99. The maximum Gasteiger partial charge on any atom is 0.0294 e. The lowest BCUT2D eigenvalue weighted by molar-refractivity contribution is 0.263. The number of hydrogen-bond acceptors (Lipinski definition) is 1. The van der Waals surface area contributed by atoms with E-state index in [1.165, 1.54) is 36.8 Å². The molecule has 0 amide bonds. The summed E-state index contributed by atoms with van der Waals surface area (Å²) in [5, 5.41) is 3.81. The monoisotopic (exact) mass is 231 g/mol. The van der Waals surface area contributed by atoms with Gasteiger partial charge < -0.3 is 5.32 Å². The van der Waals surface area contributed by atoms with E-state index in [9.17, 15) is 0 Å². The summed E-state index contributed by atoms with van der Waals surface area (Å²) in [7, 11) is 0. The van der Waals surface area contributed by atoms with Crippen LogP contribution in [0.5, 0.6) is 0 Å². The van der Waals surface area contributed by atoms with E-state index in [4.69, 9.17) is 0 Å². The molecule has 0 bridgehead atoms. The van der Waals surface area contributed by atoms with Gasteiger partial charge in [-0.3, -0.25) is 0 Å². The summed E-state index contributed by atoms with van der Waals surface area (Å²) < 4.78 is 0. The number of aryl methyl sites for hydroxylation is 1. The van der Waals surface area contributed by atoms with Crippen LogP contribution in [0.4, 0.5) is 0 Å². The maximum absolute atomic E-state index is 3.81. The third-order valence-electron chi connectivity index (χ3n) is 4.12. The molecule has 2 rings (SSSR count). The van der Waals surface area contributed by atoms with E-state index in [1.54, 1.807) is 0 Å². The zero-order chi connectivity index (χ0) is 12.3. The van der Waals surface area contributed by atoms with E-state index < -0.39 is 0 Å². The summed E-state index contributed by atoms with van der Waals surface area (Å²) in [6, 6.07) is 10.0. The van der Waals surface area contributed by atoms with Gasteiger partial charge in [0.15, 0.2) is 0 Å². The molecule has 0 saturated heterocycles. The van der Waals surface area contributed by atoms with Crippen LogP contribution in [0.25, 0.3) is 0 Å². The number of nitrogens with one attached hydrogen (secondary N) is 1. The highest BCUT2D eigenvalue weighted by Crippen LogP contribution is 2.26. The minimum Gasteiger partial charge on any atom is -0.307 e. The van der Waals surface area contributed by atoms with Crippen molar-refractivity contribution < 1.29 is 0 Å². The summed E-state index contributed by atoms with van der Waals surface area (Å²) in [6.45, 7) is 6.84. The summed E-state index contributed by atoms with van der Waals surface area (Å²) in [6.07, 6.45) is 5.54. The Morgan fingerprint density at radius 3 is 2.71 bits per heavy atom. The van der Waals surface area contributed by atoms with Gasteiger partial charge in [0.2, 0.25) is 0 Å². The Balaban J connectivity index is 1.98. The largest absolute Gasteiger partial charge is 0.307 e. The Morgan fingerprint density at radius 2 is 2.00 bits per heavy atom. The van der Waals surface area contributed by atoms with Crippen molar-refractivity contribution in [3.05, 3.63) is 35.4 Å². The quantitative estimate of drug-likeness (QED) is 0.821. The van der Waals surface area contributed by atoms with E-state index in [2.05, 4.69) is 50.4 Å². The Morgan fingerprint density at radius 1 is 1.24 bits per heavy atom. The van der Waals surface area contributed by atoms with Crippen LogP contribution < -0.4 is 5.32 Å². The SMILES string of the molecule is Cc1cccc([C@H](C)NC2CCCCC2C)c1. The standard InChI is InChI=1S/C16H25N/c1-12-7-6-9-15(11-12)14(3)17-16-10-5-4-8-13(16)2/h6-7,9,11,13-14,16-17H,4-5,8,10H2,1-3H3/t13?,14-,16?/m0/s1. The third kappa shape index (κ3) is 3.32. The van der Waals surface area contributed by atoms with Crippen LogP contribution in [0.2, 0.25) is 0 Å². The van der Waals surface area contributed by atoms with Crippen molar-refractivity contribution >= 4 is 0 Å². The fourth-order valence-corrected chi connectivity index (χ4v) is 2.92. The molecule has 1 saturated carbocycles. The van der Waals surface area contributed by atoms with Gasteiger partial charge in [-0.2, -0.15) is 0 Å². The average molecular weight is 231 g/mol. The Bertz CT molecular complexity index is 358. The number of hydrogen-bond donors (Lipinski definition) is 1. The molecule has 0 radical (unpaired) electrons. The number of rotatable bonds is 3. The predicted molar refractivity (Wildman–Crippen MR) is 74.1 cm³/mol. The third-order valence-corrected chi connectivity index (χ3v) is 4.12. The van der Waals surface area contributed by atoms with Crippen LogP contribution in [0.1, 0.15) is 56.7 Å². The maximum atomic E-state index is 3.81. The van der Waals surface area contributed by atoms with Gasteiger partial charge in [0, 0.05) is 12.1 Å². The summed E-state index contributed by atoms with van der Waals surface area (Å²) >= 11 is 0. The summed E-state index contributed by atoms with van der Waals surface area (Å²) in [5.74, 6) is 0.830. The Labute approximate surface area is 106 Å². The zero-order valence-corrected chi connectivity index (χ0v) is 11.4. The van der Waals surface area contributed by atoms with Gasteiger partial charge in [-0.1, -0.05) is 49.6 Å². The predicted octanol–water partition coefficient (Wildman–Crippen LogP) is 4.22. The molecule has 0 heterocycles. The van der Waals surface area contributed by atoms with Crippen LogP contribution in [-0.4, -0.2) is 6.04 Å². The van der Waals surface area contributed by atoms with Crippen molar-refractivity contribution in [1.82, 2.24) is 5.32 Å². The lowest BCUT2D eigenvalue weighted by Crippen LogP contribution is -2.38. The Hall–Kier alpha value is -0.820. The zero-order valence-electron chi connectivity index (χ0n) is 11.4. The second kappa shape index (κ2) is 5.68. The molecule has 94 valence electrons. The van der Waals surface area contributed by atoms with Crippen molar-refractivity contribution in [3.8, 4) is 0 Å². The van der Waals surface area contributed by atoms with Crippen LogP contribution in [-0.2, 0) is 0 Å². The topological polar surface area (TPSA) is 12.0 Å². The van der Waals surface area contributed by atoms with Gasteiger partial charge in [0.25, 0.3) is 0 Å². The molecule has 0 aromatic heterocycles. The molecule has 1 aromatic carbocycles. The van der Waals surface area contributed by atoms with Gasteiger partial charge in [-0.15, -0.1) is 0 Å². The molecule has 1 nitrogen and oxygen atoms in total. The van der Waals surface area contributed by atoms with Crippen LogP contribution in [0.3, 0.4) is 0 Å². The lowest BCUT2D eigenvalue weighted by atomic mass is 9.85. The fourth-order valence-electron chi connectivity index (χ4n) is 2.92. The van der Waals surface area contributed by atoms with Crippen molar-refractivity contribution in [2.75, 3.05) is 0 Å². The first-order valence-corrected chi connectivity index (χ1v) is 6.99. The minimum absolute atomic E-state index is 0.473. The molecule has 0 spiro atoms. The van der Waals surface area contributed by atoms with Gasteiger partial charge >= 0.3 is 0 Å². The molecule has 1 heteroatoms. The highest BCUT2D eigenvalue weighted by Gasteiger charge is 2.22. The first kappa shape index (κ1) is 12.6. The van der Waals surface area contributed by atoms with E-state index in [1.807, 2.05) is 0 Å². The summed E-state index contributed by atoms with van der Waals surface area (Å²) in [4.78, 5) is 0. The molecular formula is C16H25N. The van der Waals surface area contributed by atoms with Gasteiger partial charge in [-0.05, 0) is 38.2 Å². The van der Waals surface area contributed by atoms with Crippen molar-refractivity contribution in [3.63, 3.8) is 0 Å². The average Bonchev–Trinajstić information content (AvgIpc) is 2.32. The minimum atomic E-state index is 0.473. The van der Waals surface area contributed by atoms with Crippen LogP contribution in [0, 0.1) is 12.8 Å². The van der Waals surface area contributed by atoms with Crippen LogP contribution in [0.15, 0.2) is 24.3 Å². The lowest BCUT2D eigenvalue weighted by Gasteiger charge is -2.32. The van der Waals surface area contributed by atoms with E-state index in [-0.39, 0.29) is 0 Å². The molecule has 1 fully saturated rings. The first-order chi connectivity index (χ1) is 8.16. The molecule has 1 N–H and O–H groups in total. The van der Waals surface area contributed by atoms with Gasteiger partial charge in [0.05, 0.1) is 0 Å². The number of benzene rings is 1. The molecule has 1 aromatic rings. The molecule has 3 atom stereocenters. The molecule has 0 aliphatic heterocycles. The van der Waals surface area contributed by atoms with Crippen molar-refractivity contribution in [2.24, 2.45) is 5.92 Å². The van der Waals surface area contributed by atoms with Gasteiger partial charge in [0.1, 0.15) is 0 Å². The second-order valence-electron chi connectivity index (χ2n) is 5.67. The fraction of sp³-hybridized carbons (Fsp3) is 0.625. The molecular weight excluding hydrogens is 206 g/mol.